The fourth-order valence-electron chi connectivity index (χ4n) is 1.21. The van der Waals surface area contributed by atoms with Crippen LogP contribution in [0.2, 0.25) is 0 Å². The van der Waals surface area contributed by atoms with Gasteiger partial charge in [-0.3, -0.25) is 0 Å². The monoisotopic (exact) mass is 190 g/mol. The summed E-state index contributed by atoms with van der Waals surface area (Å²) >= 11 is 0. The van der Waals surface area contributed by atoms with E-state index in [0.29, 0.717) is 5.82 Å². The summed E-state index contributed by atoms with van der Waals surface area (Å²) in [5, 5.41) is 7.56. The number of benzene rings is 1. The highest BCUT2D eigenvalue weighted by Gasteiger charge is 2.05. The third kappa shape index (κ3) is 1.39. The summed E-state index contributed by atoms with van der Waals surface area (Å²) < 4.78 is 6.76. The Hall–Kier alpha value is -2.04. The molecule has 72 valence electrons. The number of methoxy groups -OCH3 is 1. The maximum Gasteiger partial charge on any atom is 0.166 e. The Kier molecular flexibility index (Phi) is 2.06. The van der Waals surface area contributed by atoms with Crippen LogP contribution in [-0.4, -0.2) is 22.1 Å². The summed E-state index contributed by atoms with van der Waals surface area (Å²) in [6.07, 6.45) is 1.64. The zero-order valence-corrected chi connectivity index (χ0v) is 7.71. The maximum absolute atomic E-state index is 5.47. The first-order valence-corrected chi connectivity index (χ1v) is 4.12. The molecule has 0 saturated carbocycles. The fourth-order valence-corrected chi connectivity index (χ4v) is 1.21. The van der Waals surface area contributed by atoms with Crippen molar-refractivity contribution in [2.45, 2.75) is 0 Å². The van der Waals surface area contributed by atoms with Crippen LogP contribution in [0.4, 0.5) is 5.82 Å². The second-order valence-electron chi connectivity index (χ2n) is 2.76. The van der Waals surface area contributed by atoms with Gasteiger partial charge < -0.3 is 10.5 Å². The number of anilines is 1. The number of nitrogens with zero attached hydrogens (tertiary/aromatic N) is 3. The van der Waals surface area contributed by atoms with E-state index in [1.165, 1.54) is 0 Å². The topological polar surface area (TPSA) is 66.0 Å². The Balaban J connectivity index is 2.50. The predicted molar refractivity (Wildman–Crippen MR) is 52.3 cm³/mol. The molecular formula is C9H10N4O. The number of rotatable bonds is 2. The zero-order valence-electron chi connectivity index (χ0n) is 7.71. The molecule has 2 N–H and O–H groups in total. The summed E-state index contributed by atoms with van der Waals surface area (Å²) in [5.74, 6) is 1.12. The number of aromatic nitrogens is 3. The molecule has 2 aromatic rings. The molecule has 0 unspecified atom stereocenters. The Morgan fingerprint density at radius 1 is 1.36 bits per heavy atom. The first kappa shape index (κ1) is 8.55. The van der Waals surface area contributed by atoms with Gasteiger partial charge in [0.2, 0.25) is 0 Å². The maximum atomic E-state index is 5.47. The van der Waals surface area contributed by atoms with Crippen molar-refractivity contribution in [1.82, 2.24) is 15.0 Å². The van der Waals surface area contributed by atoms with Crippen LogP contribution in [0.3, 0.4) is 0 Å². The molecule has 0 fully saturated rings. The Morgan fingerprint density at radius 2 is 2.14 bits per heavy atom. The van der Waals surface area contributed by atoms with Crippen molar-refractivity contribution in [3.05, 3.63) is 30.5 Å². The highest BCUT2D eigenvalue weighted by molar-refractivity contribution is 5.46. The lowest BCUT2D eigenvalue weighted by Gasteiger charge is -2.05. The molecular weight excluding hydrogens is 180 g/mol. The summed E-state index contributed by atoms with van der Waals surface area (Å²) in [6.45, 7) is 0. The smallest absolute Gasteiger partial charge is 0.166 e. The fraction of sp³-hybridized carbons (Fsp3) is 0.111. The average molecular weight is 190 g/mol. The van der Waals surface area contributed by atoms with E-state index >= 15 is 0 Å². The van der Waals surface area contributed by atoms with E-state index in [-0.39, 0.29) is 0 Å². The molecule has 0 saturated heterocycles. The molecule has 0 aliphatic heterocycles. The van der Waals surface area contributed by atoms with Crippen LogP contribution in [0, 0.1) is 0 Å². The van der Waals surface area contributed by atoms with Crippen molar-refractivity contribution in [3.8, 4) is 11.4 Å². The van der Waals surface area contributed by atoms with Crippen LogP contribution in [-0.2, 0) is 0 Å². The largest absolute Gasteiger partial charge is 0.494 e. The minimum Gasteiger partial charge on any atom is -0.494 e. The average Bonchev–Trinajstić information content (AvgIpc) is 2.65. The summed E-state index contributed by atoms with van der Waals surface area (Å²) in [7, 11) is 1.61. The standard InChI is InChI=1S/C9H10N4O/c1-14-8-5-3-2-4-7(8)13-6-9(10)11-12-13/h2-6H,10H2,1H3. The Labute approximate surface area is 81.1 Å². The number of para-hydroxylation sites is 2. The van der Waals surface area contributed by atoms with Crippen LogP contribution < -0.4 is 10.5 Å². The lowest BCUT2D eigenvalue weighted by molar-refractivity contribution is 0.411. The summed E-state index contributed by atoms with van der Waals surface area (Å²) in [5.41, 5.74) is 6.29. The minimum atomic E-state index is 0.385. The zero-order chi connectivity index (χ0) is 9.97. The molecule has 0 atom stereocenters. The third-order valence-electron chi connectivity index (χ3n) is 1.84. The highest BCUT2D eigenvalue weighted by atomic mass is 16.5. The summed E-state index contributed by atoms with van der Waals surface area (Å²) in [4.78, 5) is 0. The molecule has 0 amide bonds. The van der Waals surface area contributed by atoms with Crippen molar-refractivity contribution < 1.29 is 4.74 Å². The second kappa shape index (κ2) is 3.37. The van der Waals surface area contributed by atoms with E-state index in [1.807, 2.05) is 24.3 Å². The molecule has 1 aromatic carbocycles. The number of hydrogen-bond donors (Lipinski definition) is 1. The van der Waals surface area contributed by atoms with Crippen molar-refractivity contribution in [1.29, 1.82) is 0 Å². The first-order chi connectivity index (χ1) is 6.81. The molecule has 2 rings (SSSR count). The lowest BCUT2D eigenvalue weighted by atomic mass is 10.3. The molecule has 0 bridgehead atoms. The predicted octanol–water partition coefficient (Wildman–Crippen LogP) is 0.858. The molecule has 0 spiro atoms. The molecule has 5 nitrogen and oxygen atoms in total. The van der Waals surface area contributed by atoms with Gasteiger partial charge in [0, 0.05) is 0 Å². The molecule has 1 aromatic heterocycles. The number of nitrogen functional groups attached to an aromatic ring is 1. The van der Waals surface area contributed by atoms with Crippen molar-refractivity contribution in [2.24, 2.45) is 0 Å². The van der Waals surface area contributed by atoms with Gasteiger partial charge in [-0.15, -0.1) is 5.10 Å². The number of hydrogen-bond acceptors (Lipinski definition) is 4. The molecule has 1 heterocycles. The first-order valence-electron chi connectivity index (χ1n) is 4.12. The van der Waals surface area contributed by atoms with Crippen molar-refractivity contribution >= 4 is 5.82 Å². The Bertz CT molecular complexity index is 438. The minimum absolute atomic E-state index is 0.385. The van der Waals surface area contributed by atoms with Crippen molar-refractivity contribution in [3.63, 3.8) is 0 Å². The molecule has 0 radical (unpaired) electrons. The molecule has 5 heteroatoms. The van der Waals surface area contributed by atoms with E-state index in [4.69, 9.17) is 10.5 Å². The second-order valence-corrected chi connectivity index (χ2v) is 2.76. The SMILES string of the molecule is COc1ccccc1-n1cc(N)nn1. The van der Waals surface area contributed by atoms with Gasteiger partial charge in [0.05, 0.1) is 13.3 Å². The van der Waals surface area contributed by atoms with E-state index < -0.39 is 0 Å². The molecule has 0 aliphatic rings. The third-order valence-corrected chi connectivity index (χ3v) is 1.84. The van der Waals surface area contributed by atoms with Crippen LogP contribution >= 0.6 is 0 Å². The van der Waals surface area contributed by atoms with Gasteiger partial charge in [0.1, 0.15) is 11.4 Å². The van der Waals surface area contributed by atoms with Gasteiger partial charge in [-0.2, -0.15) is 0 Å². The number of nitrogens with two attached hydrogens (primary N) is 1. The van der Waals surface area contributed by atoms with E-state index in [2.05, 4.69) is 10.3 Å². The van der Waals surface area contributed by atoms with Gasteiger partial charge in [0.15, 0.2) is 5.82 Å². The van der Waals surface area contributed by atoms with E-state index in [0.717, 1.165) is 11.4 Å². The van der Waals surface area contributed by atoms with Gasteiger partial charge in [-0.25, -0.2) is 4.68 Å². The van der Waals surface area contributed by atoms with E-state index in [1.54, 1.807) is 18.0 Å². The molecule has 0 aliphatic carbocycles. The van der Waals surface area contributed by atoms with Gasteiger partial charge in [-0.1, -0.05) is 17.3 Å². The van der Waals surface area contributed by atoms with Crippen LogP contribution in [0.5, 0.6) is 5.75 Å². The van der Waals surface area contributed by atoms with Gasteiger partial charge in [-0.05, 0) is 12.1 Å². The van der Waals surface area contributed by atoms with Crippen molar-refractivity contribution in [2.75, 3.05) is 12.8 Å². The van der Waals surface area contributed by atoms with Crippen LogP contribution in [0.1, 0.15) is 0 Å². The van der Waals surface area contributed by atoms with Crippen LogP contribution in [0.25, 0.3) is 5.69 Å². The summed E-state index contributed by atoms with van der Waals surface area (Å²) in [6, 6.07) is 7.53. The normalized spacial score (nSPS) is 10.1. The number of ether oxygens (including phenoxy) is 1. The van der Waals surface area contributed by atoms with Crippen LogP contribution in [0.15, 0.2) is 30.5 Å². The Morgan fingerprint density at radius 3 is 2.79 bits per heavy atom. The van der Waals surface area contributed by atoms with Gasteiger partial charge in [0.25, 0.3) is 0 Å². The van der Waals surface area contributed by atoms with E-state index in [9.17, 15) is 0 Å². The molecule has 14 heavy (non-hydrogen) atoms. The quantitative estimate of drug-likeness (QED) is 0.762. The highest BCUT2D eigenvalue weighted by Crippen LogP contribution is 2.20. The lowest BCUT2D eigenvalue weighted by Crippen LogP contribution is -1.98. The van der Waals surface area contributed by atoms with Gasteiger partial charge >= 0.3 is 0 Å².